The number of hydrogen-bond donors (Lipinski definition) is 1. The van der Waals surface area contributed by atoms with E-state index in [1.165, 1.54) is 42.5 Å². The Labute approximate surface area is 161 Å². The lowest BCUT2D eigenvalue weighted by Gasteiger charge is -2.28. The van der Waals surface area contributed by atoms with E-state index in [1.54, 1.807) is 19.9 Å². The van der Waals surface area contributed by atoms with Crippen molar-refractivity contribution in [3.05, 3.63) is 74.3 Å². The quantitative estimate of drug-likeness (QED) is 0.333. The lowest BCUT2D eigenvalue weighted by atomic mass is 10.2. The fourth-order valence-electron chi connectivity index (χ4n) is 2.54. The van der Waals surface area contributed by atoms with Crippen molar-refractivity contribution in [3.8, 4) is 0 Å². The van der Waals surface area contributed by atoms with Gasteiger partial charge in [-0.15, -0.1) is 0 Å². The zero-order valence-corrected chi connectivity index (χ0v) is 16.2. The molecule has 2 rings (SSSR count). The Kier molecular flexibility index (Phi) is 7.22. The first-order chi connectivity index (χ1) is 13.3. The summed E-state index contributed by atoms with van der Waals surface area (Å²) in [5.74, 6) is -1.02. The molecule has 0 bridgehead atoms. The third-order valence-corrected chi connectivity index (χ3v) is 6.01. The Morgan fingerprint density at radius 2 is 1.54 bits per heavy atom. The minimum absolute atomic E-state index is 0.109. The summed E-state index contributed by atoms with van der Waals surface area (Å²) < 4.78 is 24.2. The molecule has 0 fully saturated rings. The molecule has 0 amide bonds. The number of nitro groups is 2. The smallest absolute Gasteiger partial charge is 0.357 e. The van der Waals surface area contributed by atoms with E-state index in [9.17, 15) is 24.8 Å². The Bertz CT molecular complexity index is 879. The van der Waals surface area contributed by atoms with Gasteiger partial charge >= 0.3 is 7.60 Å². The molecule has 28 heavy (non-hydrogen) atoms. The third kappa shape index (κ3) is 5.13. The molecule has 0 aliphatic heterocycles. The highest BCUT2D eigenvalue weighted by Gasteiger charge is 2.37. The van der Waals surface area contributed by atoms with E-state index in [1.807, 2.05) is 0 Å². The van der Waals surface area contributed by atoms with Crippen LogP contribution in [0, 0.1) is 20.2 Å². The summed E-state index contributed by atoms with van der Waals surface area (Å²) >= 11 is 0. The van der Waals surface area contributed by atoms with E-state index in [4.69, 9.17) is 9.05 Å². The van der Waals surface area contributed by atoms with Gasteiger partial charge in [0, 0.05) is 30.0 Å². The van der Waals surface area contributed by atoms with E-state index in [0.29, 0.717) is 11.3 Å². The molecule has 1 atom stereocenters. The van der Waals surface area contributed by atoms with Gasteiger partial charge in [-0.1, -0.05) is 6.07 Å². The second-order valence-corrected chi connectivity index (χ2v) is 7.69. The second-order valence-electron chi connectivity index (χ2n) is 5.58. The zero-order chi connectivity index (χ0) is 20.7. The Morgan fingerprint density at radius 1 is 0.964 bits per heavy atom. The van der Waals surface area contributed by atoms with Crippen molar-refractivity contribution in [1.29, 1.82) is 0 Å². The number of anilines is 1. The number of hydrogen-bond acceptors (Lipinski definition) is 8. The van der Waals surface area contributed by atoms with Gasteiger partial charge in [0.05, 0.1) is 23.1 Å². The van der Waals surface area contributed by atoms with Gasteiger partial charge in [0.25, 0.3) is 11.4 Å². The zero-order valence-electron chi connectivity index (χ0n) is 15.3. The minimum Gasteiger partial charge on any atom is -0.368 e. The van der Waals surface area contributed by atoms with Gasteiger partial charge in [0.1, 0.15) is 0 Å². The molecule has 0 aliphatic carbocycles. The van der Waals surface area contributed by atoms with Crippen molar-refractivity contribution in [2.75, 3.05) is 18.5 Å². The first kappa shape index (κ1) is 21.5. The highest BCUT2D eigenvalue weighted by molar-refractivity contribution is 7.54. The number of benzene rings is 2. The molecule has 10 nitrogen and oxygen atoms in total. The number of non-ortho nitro benzene ring substituents is 2. The van der Waals surface area contributed by atoms with Gasteiger partial charge < -0.3 is 14.4 Å². The number of nitrogens with one attached hydrogen (secondary N) is 1. The van der Waals surface area contributed by atoms with Crippen molar-refractivity contribution in [1.82, 2.24) is 0 Å². The average Bonchev–Trinajstić information content (AvgIpc) is 2.66. The molecule has 0 saturated carbocycles. The molecule has 2 aromatic carbocycles. The SMILES string of the molecule is CCOP(=O)(OCC)C(Nc1cccc([N+](=O)[O-])c1)c1ccc([N+](=O)[O-])cc1. The largest absolute Gasteiger partial charge is 0.368 e. The van der Waals surface area contributed by atoms with Crippen LogP contribution >= 0.6 is 7.60 Å². The molecule has 1 N–H and O–H groups in total. The lowest BCUT2D eigenvalue weighted by Crippen LogP contribution is -2.15. The molecule has 0 aliphatic rings. The second kappa shape index (κ2) is 9.41. The maximum Gasteiger partial charge on any atom is 0.357 e. The summed E-state index contributed by atoms with van der Waals surface area (Å²) in [5, 5.41) is 24.9. The first-order valence-electron chi connectivity index (χ1n) is 8.45. The van der Waals surface area contributed by atoms with Crippen LogP contribution in [0.25, 0.3) is 0 Å². The van der Waals surface area contributed by atoms with Crippen LogP contribution in [0.2, 0.25) is 0 Å². The maximum absolute atomic E-state index is 13.4. The maximum atomic E-state index is 13.4. The van der Waals surface area contributed by atoms with E-state index < -0.39 is 23.2 Å². The highest BCUT2D eigenvalue weighted by atomic mass is 31.2. The van der Waals surface area contributed by atoms with Crippen LogP contribution in [0.1, 0.15) is 25.2 Å². The van der Waals surface area contributed by atoms with E-state index in [-0.39, 0.29) is 24.6 Å². The van der Waals surface area contributed by atoms with Gasteiger partial charge in [-0.2, -0.15) is 0 Å². The molecule has 0 aromatic heterocycles. The highest BCUT2D eigenvalue weighted by Crippen LogP contribution is 2.60. The molecule has 0 heterocycles. The monoisotopic (exact) mass is 409 g/mol. The summed E-state index contributed by atoms with van der Waals surface area (Å²) in [5.41, 5.74) is 0.482. The third-order valence-electron chi connectivity index (χ3n) is 3.71. The van der Waals surface area contributed by atoms with E-state index >= 15 is 0 Å². The Morgan fingerprint density at radius 3 is 2.04 bits per heavy atom. The predicted octanol–water partition coefficient (Wildman–Crippen LogP) is 4.88. The summed E-state index contributed by atoms with van der Waals surface area (Å²) in [6, 6.07) is 11.1. The van der Waals surface area contributed by atoms with Crippen LogP contribution in [0.15, 0.2) is 48.5 Å². The van der Waals surface area contributed by atoms with Gasteiger partial charge in [-0.05, 0) is 37.6 Å². The normalized spacial score (nSPS) is 12.4. The minimum atomic E-state index is -3.75. The summed E-state index contributed by atoms with van der Waals surface area (Å²) in [4.78, 5) is 20.8. The van der Waals surface area contributed by atoms with Crippen LogP contribution < -0.4 is 5.32 Å². The van der Waals surface area contributed by atoms with Crippen molar-refractivity contribution in [3.63, 3.8) is 0 Å². The van der Waals surface area contributed by atoms with Gasteiger partial charge in [0.2, 0.25) is 0 Å². The Hall–Kier alpha value is -2.81. The number of nitrogens with zero attached hydrogens (tertiary/aromatic N) is 2. The van der Waals surface area contributed by atoms with E-state index in [0.717, 1.165) is 0 Å². The number of nitro benzene ring substituents is 2. The molecule has 1 unspecified atom stereocenters. The molecule has 0 spiro atoms. The van der Waals surface area contributed by atoms with Gasteiger partial charge in [0.15, 0.2) is 5.78 Å². The molecule has 11 heteroatoms. The van der Waals surface area contributed by atoms with Crippen LogP contribution in [0.4, 0.5) is 17.1 Å². The van der Waals surface area contributed by atoms with Gasteiger partial charge in [-0.3, -0.25) is 24.8 Å². The van der Waals surface area contributed by atoms with Crippen LogP contribution in [0.5, 0.6) is 0 Å². The van der Waals surface area contributed by atoms with Gasteiger partial charge in [-0.25, -0.2) is 0 Å². The Balaban J connectivity index is 2.48. The molecular formula is C17H20N3O7P. The first-order valence-corrected chi connectivity index (χ1v) is 10.1. The summed E-state index contributed by atoms with van der Waals surface area (Å²) in [7, 11) is -3.75. The van der Waals surface area contributed by atoms with Crippen molar-refractivity contribution in [2.45, 2.75) is 19.6 Å². The lowest BCUT2D eigenvalue weighted by molar-refractivity contribution is -0.385. The van der Waals surface area contributed by atoms with Crippen LogP contribution in [-0.2, 0) is 13.6 Å². The van der Waals surface area contributed by atoms with Crippen LogP contribution in [-0.4, -0.2) is 23.1 Å². The van der Waals surface area contributed by atoms with Crippen molar-refractivity contribution >= 4 is 24.7 Å². The fraction of sp³-hybridized carbons (Fsp3) is 0.294. The predicted molar refractivity (Wildman–Crippen MR) is 103 cm³/mol. The topological polar surface area (TPSA) is 134 Å². The van der Waals surface area contributed by atoms with Crippen LogP contribution in [0.3, 0.4) is 0 Å². The summed E-state index contributed by atoms with van der Waals surface area (Å²) in [6.07, 6.45) is 0. The fourth-order valence-corrected chi connectivity index (χ4v) is 4.47. The van der Waals surface area contributed by atoms with Crippen molar-refractivity contribution < 1.29 is 23.5 Å². The van der Waals surface area contributed by atoms with E-state index in [2.05, 4.69) is 5.32 Å². The number of rotatable bonds is 10. The standard InChI is InChI=1S/C17H20N3O7P/c1-3-26-28(25,27-4-2)17(13-8-10-15(11-9-13)19(21)22)18-14-6-5-7-16(12-14)20(23)24/h5-12,17-18H,3-4H2,1-2H3. The molecule has 2 aromatic rings. The molecule has 150 valence electrons. The average molecular weight is 409 g/mol. The molecule has 0 radical (unpaired) electrons. The summed E-state index contributed by atoms with van der Waals surface area (Å²) in [6.45, 7) is 3.53. The molecular weight excluding hydrogens is 389 g/mol. The molecule has 0 saturated heterocycles. The van der Waals surface area contributed by atoms with Crippen molar-refractivity contribution in [2.24, 2.45) is 0 Å².